The van der Waals surface area contributed by atoms with E-state index in [0.29, 0.717) is 0 Å². The van der Waals surface area contributed by atoms with Crippen LogP contribution >= 0.6 is 0 Å². The Kier molecular flexibility index (Phi) is 3.14. The average Bonchev–Trinajstić information content (AvgIpc) is 1.97. The van der Waals surface area contributed by atoms with E-state index in [1.54, 1.807) is 11.1 Å². The first-order valence-corrected chi connectivity index (χ1v) is 5.81. The van der Waals surface area contributed by atoms with Gasteiger partial charge in [-0.2, -0.15) is 0 Å². The van der Waals surface area contributed by atoms with E-state index in [-0.39, 0.29) is 5.60 Å². The van der Waals surface area contributed by atoms with Crippen LogP contribution in [0.2, 0.25) is 0 Å². The van der Waals surface area contributed by atoms with E-state index >= 15 is 0 Å². The molecule has 0 aromatic heterocycles. The number of hydrogen-bond donors (Lipinski definition) is 1. The first-order valence-electron chi connectivity index (χ1n) is 5.81. The Bertz CT molecular complexity index is 265. The predicted octanol–water partition coefficient (Wildman–Crippen LogP) is 1.02. The van der Waals surface area contributed by atoms with Crippen molar-refractivity contribution in [1.29, 1.82) is 0 Å². The van der Waals surface area contributed by atoms with Gasteiger partial charge in [-0.15, -0.1) is 0 Å². The SMILES string of the molecule is CC(CN1CCOC(C)(C)C1)=C1CNC1. The maximum absolute atomic E-state index is 5.71. The molecule has 0 unspecified atom stereocenters. The lowest BCUT2D eigenvalue weighted by Gasteiger charge is -2.39. The predicted molar refractivity (Wildman–Crippen MR) is 62.0 cm³/mol. The first-order chi connectivity index (χ1) is 7.07. The van der Waals surface area contributed by atoms with Crippen LogP contribution in [0, 0.1) is 0 Å². The molecule has 3 heteroatoms. The molecule has 0 saturated carbocycles. The van der Waals surface area contributed by atoms with Crippen LogP contribution in [0.4, 0.5) is 0 Å². The molecule has 15 heavy (non-hydrogen) atoms. The van der Waals surface area contributed by atoms with Gasteiger partial charge in [0.2, 0.25) is 0 Å². The molecule has 2 fully saturated rings. The van der Waals surface area contributed by atoms with Crippen LogP contribution in [0.15, 0.2) is 11.1 Å². The van der Waals surface area contributed by atoms with Crippen molar-refractivity contribution in [3.05, 3.63) is 11.1 Å². The van der Waals surface area contributed by atoms with E-state index in [2.05, 4.69) is 31.0 Å². The molecule has 0 spiro atoms. The van der Waals surface area contributed by atoms with E-state index in [0.717, 1.165) is 39.3 Å². The van der Waals surface area contributed by atoms with Gasteiger partial charge in [-0.25, -0.2) is 0 Å². The van der Waals surface area contributed by atoms with Gasteiger partial charge in [0, 0.05) is 32.7 Å². The molecule has 0 atom stereocenters. The summed E-state index contributed by atoms with van der Waals surface area (Å²) in [6.45, 7) is 12.9. The van der Waals surface area contributed by atoms with E-state index in [4.69, 9.17) is 4.74 Å². The maximum Gasteiger partial charge on any atom is 0.0753 e. The van der Waals surface area contributed by atoms with Crippen molar-refractivity contribution in [3.63, 3.8) is 0 Å². The Labute approximate surface area is 92.5 Å². The van der Waals surface area contributed by atoms with Gasteiger partial charge >= 0.3 is 0 Å². The zero-order chi connectivity index (χ0) is 10.9. The monoisotopic (exact) mass is 210 g/mol. The highest BCUT2D eigenvalue weighted by Crippen LogP contribution is 2.18. The second kappa shape index (κ2) is 4.24. The highest BCUT2D eigenvalue weighted by atomic mass is 16.5. The molecule has 1 N–H and O–H groups in total. The minimum atomic E-state index is 0.0288. The number of ether oxygens (including phenoxy) is 1. The number of morpholine rings is 1. The molecule has 86 valence electrons. The third-order valence-corrected chi connectivity index (χ3v) is 3.25. The fourth-order valence-electron chi connectivity index (χ4n) is 2.25. The molecule has 2 aliphatic heterocycles. The van der Waals surface area contributed by atoms with Crippen LogP contribution in [-0.2, 0) is 4.74 Å². The summed E-state index contributed by atoms with van der Waals surface area (Å²) in [7, 11) is 0. The van der Waals surface area contributed by atoms with Crippen molar-refractivity contribution in [2.75, 3.05) is 39.3 Å². The van der Waals surface area contributed by atoms with Gasteiger partial charge in [0.1, 0.15) is 0 Å². The Morgan fingerprint density at radius 3 is 2.73 bits per heavy atom. The summed E-state index contributed by atoms with van der Waals surface area (Å²) < 4.78 is 5.71. The molecule has 2 heterocycles. The zero-order valence-corrected chi connectivity index (χ0v) is 10.1. The van der Waals surface area contributed by atoms with E-state index < -0.39 is 0 Å². The fraction of sp³-hybridized carbons (Fsp3) is 0.833. The van der Waals surface area contributed by atoms with Crippen LogP contribution in [0.1, 0.15) is 20.8 Å². The Hall–Kier alpha value is -0.380. The van der Waals surface area contributed by atoms with E-state index in [1.807, 2.05) is 0 Å². The molecule has 0 aromatic carbocycles. The smallest absolute Gasteiger partial charge is 0.0753 e. The summed E-state index contributed by atoms with van der Waals surface area (Å²) in [6, 6.07) is 0. The first kappa shape index (κ1) is 11.1. The minimum Gasteiger partial charge on any atom is -0.373 e. The van der Waals surface area contributed by atoms with Crippen LogP contribution in [0.5, 0.6) is 0 Å². The minimum absolute atomic E-state index is 0.0288. The molecule has 0 amide bonds. The van der Waals surface area contributed by atoms with Gasteiger partial charge in [0.25, 0.3) is 0 Å². The van der Waals surface area contributed by atoms with Crippen LogP contribution < -0.4 is 5.32 Å². The molecule has 0 aliphatic carbocycles. The largest absolute Gasteiger partial charge is 0.373 e. The van der Waals surface area contributed by atoms with E-state index in [9.17, 15) is 0 Å². The van der Waals surface area contributed by atoms with Gasteiger partial charge in [0.15, 0.2) is 0 Å². The molecule has 2 rings (SSSR count). The lowest BCUT2D eigenvalue weighted by Crippen LogP contribution is -2.49. The van der Waals surface area contributed by atoms with Crippen molar-refractivity contribution < 1.29 is 4.74 Å². The summed E-state index contributed by atoms with van der Waals surface area (Å²) in [5.41, 5.74) is 3.17. The van der Waals surface area contributed by atoms with Crippen molar-refractivity contribution in [1.82, 2.24) is 10.2 Å². The van der Waals surface area contributed by atoms with E-state index in [1.165, 1.54) is 0 Å². The Balaban J connectivity index is 1.89. The topological polar surface area (TPSA) is 24.5 Å². The Morgan fingerprint density at radius 1 is 1.47 bits per heavy atom. The van der Waals surface area contributed by atoms with Gasteiger partial charge < -0.3 is 10.1 Å². The highest BCUT2D eigenvalue weighted by molar-refractivity contribution is 5.22. The standard InChI is InChI=1S/C12H22N2O/c1-10(11-6-13-7-11)8-14-4-5-15-12(2,3)9-14/h13H,4-9H2,1-3H3. The van der Waals surface area contributed by atoms with Crippen molar-refractivity contribution in [2.24, 2.45) is 0 Å². The third-order valence-electron chi connectivity index (χ3n) is 3.25. The van der Waals surface area contributed by atoms with Gasteiger partial charge in [-0.05, 0) is 26.3 Å². The Morgan fingerprint density at radius 2 is 2.20 bits per heavy atom. The van der Waals surface area contributed by atoms with Crippen LogP contribution in [0.3, 0.4) is 0 Å². The molecule has 0 aromatic rings. The van der Waals surface area contributed by atoms with Gasteiger partial charge in [0.05, 0.1) is 12.2 Å². The summed E-state index contributed by atoms with van der Waals surface area (Å²) in [5.74, 6) is 0. The summed E-state index contributed by atoms with van der Waals surface area (Å²) >= 11 is 0. The van der Waals surface area contributed by atoms with Crippen molar-refractivity contribution in [2.45, 2.75) is 26.4 Å². The third kappa shape index (κ3) is 2.80. The number of hydrogen-bond acceptors (Lipinski definition) is 3. The maximum atomic E-state index is 5.71. The number of rotatable bonds is 2. The molecule has 0 radical (unpaired) electrons. The zero-order valence-electron chi connectivity index (χ0n) is 10.1. The lowest BCUT2D eigenvalue weighted by molar-refractivity contribution is -0.0836. The lowest BCUT2D eigenvalue weighted by atomic mass is 10.0. The summed E-state index contributed by atoms with van der Waals surface area (Å²) in [5, 5.41) is 3.29. The molecular weight excluding hydrogens is 188 g/mol. The molecule has 2 aliphatic rings. The fourth-order valence-corrected chi connectivity index (χ4v) is 2.25. The van der Waals surface area contributed by atoms with Crippen molar-refractivity contribution >= 4 is 0 Å². The molecule has 0 bridgehead atoms. The van der Waals surface area contributed by atoms with Gasteiger partial charge in [-0.3, -0.25) is 4.90 Å². The molecule has 3 nitrogen and oxygen atoms in total. The quantitative estimate of drug-likeness (QED) is 0.689. The average molecular weight is 210 g/mol. The highest BCUT2D eigenvalue weighted by Gasteiger charge is 2.27. The van der Waals surface area contributed by atoms with Gasteiger partial charge in [-0.1, -0.05) is 5.57 Å². The molecular formula is C12H22N2O. The normalized spacial score (nSPS) is 26.2. The van der Waals surface area contributed by atoms with Crippen LogP contribution in [0.25, 0.3) is 0 Å². The van der Waals surface area contributed by atoms with Crippen molar-refractivity contribution in [3.8, 4) is 0 Å². The number of nitrogens with one attached hydrogen (secondary N) is 1. The molecule has 2 saturated heterocycles. The summed E-state index contributed by atoms with van der Waals surface area (Å²) in [6.07, 6.45) is 0. The second-order valence-corrected chi connectivity index (χ2v) is 5.31. The second-order valence-electron chi connectivity index (χ2n) is 5.31. The summed E-state index contributed by atoms with van der Waals surface area (Å²) in [4.78, 5) is 2.50. The number of nitrogens with zero attached hydrogens (tertiary/aromatic N) is 1. The van der Waals surface area contributed by atoms with Crippen LogP contribution in [-0.4, -0.2) is 49.8 Å².